The van der Waals surface area contributed by atoms with Crippen LogP contribution in [0, 0.1) is 17.6 Å². The van der Waals surface area contributed by atoms with E-state index in [1.165, 1.54) is 17.8 Å². The van der Waals surface area contributed by atoms with Gasteiger partial charge in [-0.05, 0) is 40.5 Å². The molecule has 1 heterocycles. The van der Waals surface area contributed by atoms with Gasteiger partial charge in [-0.3, -0.25) is 9.79 Å². The largest absolute Gasteiger partial charge is 0.393 e. The Bertz CT molecular complexity index is 957. The van der Waals surface area contributed by atoms with Crippen LogP contribution >= 0.6 is 27.7 Å². The summed E-state index contributed by atoms with van der Waals surface area (Å²) in [4.78, 5) is 17.2. The van der Waals surface area contributed by atoms with E-state index in [0.29, 0.717) is 22.9 Å². The van der Waals surface area contributed by atoms with Crippen molar-refractivity contribution in [3.63, 3.8) is 0 Å². The lowest BCUT2D eigenvalue weighted by atomic mass is 9.81. The van der Waals surface area contributed by atoms with Crippen LogP contribution in [-0.4, -0.2) is 28.0 Å². The zero-order chi connectivity index (χ0) is 19.9. The lowest BCUT2D eigenvalue weighted by Crippen LogP contribution is -2.40. The molecule has 2 aromatic rings. The second-order valence-electron chi connectivity index (χ2n) is 7.01. The van der Waals surface area contributed by atoms with Gasteiger partial charge in [0, 0.05) is 35.3 Å². The molecule has 2 N–H and O–H groups in total. The van der Waals surface area contributed by atoms with E-state index in [2.05, 4.69) is 21.2 Å². The first kappa shape index (κ1) is 19.5. The quantitative estimate of drug-likeness (QED) is 0.651. The number of aliphatic imine (C=N–C) groups is 1. The topological polar surface area (TPSA) is 61.7 Å². The van der Waals surface area contributed by atoms with Crippen LogP contribution in [0.3, 0.4) is 0 Å². The molecule has 1 aliphatic carbocycles. The Morgan fingerprint density at radius 3 is 2.75 bits per heavy atom. The van der Waals surface area contributed by atoms with E-state index in [1.807, 2.05) is 6.07 Å². The van der Waals surface area contributed by atoms with Crippen molar-refractivity contribution in [2.24, 2.45) is 10.9 Å². The SMILES string of the molecule is O=C(NC1=NC2(c3cc(Br)c(F)cc3F)CC(O)CC2CS1)c1ccccc1. The molecule has 8 heteroatoms. The molecule has 0 spiro atoms. The highest BCUT2D eigenvalue weighted by atomic mass is 79.9. The molecule has 1 saturated carbocycles. The maximum absolute atomic E-state index is 14.7. The Balaban J connectivity index is 1.73. The van der Waals surface area contributed by atoms with Crippen molar-refractivity contribution < 1.29 is 18.7 Å². The summed E-state index contributed by atoms with van der Waals surface area (Å²) < 4.78 is 28.6. The predicted molar refractivity (Wildman–Crippen MR) is 108 cm³/mol. The molecule has 1 aliphatic heterocycles. The van der Waals surface area contributed by atoms with Gasteiger partial charge in [-0.2, -0.15) is 0 Å². The standard InChI is InChI=1S/C20H17BrF2N2O2S/c21-15-7-14(16(22)8-17(15)23)20-9-13(26)6-12(20)10-28-19(25-20)24-18(27)11-4-2-1-3-5-11/h1-5,7-8,12-13,26H,6,9-10H2,(H,24,25,27). The molecule has 2 aliphatic rings. The molecule has 3 unspecified atom stereocenters. The average molecular weight is 467 g/mol. The minimum absolute atomic E-state index is 0.114. The summed E-state index contributed by atoms with van der Waals surface area (Å²) in [6.45, 7) is 0. The van der Waals surface area contributed by atoms with Crippen molar-refractivity contribution >= 4 is 38.8 Å². The van der Waals surface area contributed by atoms with E-state index in [9.17, 15) is 18.7 Å². The van der Waals surface area contributed by atoms with Gasteiger partial charge in [-0.15, -0.1) is 0 Å². The summed E-state index contributed by atoms with van der Waals surface area (Å²) in [6, 6.07) is 11.0. The number of amides is 1. The molecule has 2 aromatic carbocycles. The van der Waals surface area contributed by atoms with E-state index in [1.54, 1.807) is 24.3 Å². The predicted octanol–water partition coefficient (Wildman–Crippen LogP) is 4.23. The van der Waals surface area contributed by atoms with Gasteiger partial charge < -0.3 is 10.4 Å². The second-order valence-corrected chi connectivity index (χ2v) is 8.87. The molecule has 0 radical (unpaired) electrons. The third-order valence-corrected chi connectivity index (χ3v) is 6.88. The van der Waals surface area contributed by atoms with E-state index in [-0.39, 0.29) is 28.3 Å². The summed E-state index contributed by atoms with van der Waals surface area (Å²) in [5, 5.41) is 13.4. The Labute approximate surface area is 173 Å². The molecule has 0 bridgehead atoms. The number of thioether (sulfide) groups is 1. The molecular weight excluding hydrogens is 450 g/mol. The van der Waals surface area contributed by atoms with Crippen molar-refractivity contribution in [1.82, 2.24) is 5.32 Å². The number of nitrogens with one attached hydrogen (secondary N) is 1. The maximum Gasteiger partial charge on any atom is 0.257 e. The number of carbonyl (C=O) groups excluding carboxylic acids is 1. The van der Waals surface area contributed by atoms with E-state index < -0.39 is 23.3 Å². The molecule has 0 aromatic heterocycles. The van der Waals surface area contributed by atoms with E-state index in [0.717, 1.165) is 6.07 Å². The molecule has 1 fully saturated rings. The fourth-order valence-electron chi connectivity index (χ4n) is 3.94. The van der Waals surface area contributed by atoms with E-state index >= 15 is 0 Å². The first-order valence-electron chi connectivity index (χ1n) is 8.81. The van der Waals surface area contributed by atoms with Gasteiger partial charge >= 0.3 is 0 Å². The van der Waals surface area contributed by atoms with Crippen LogP contribution in [0.2, 0.25) is 0 Å². The van der Waals surface area contributed by atoms with Crippen molar-refractivity contribution in [1.29, 1.82) is 0 Å². The minimum Gasteiger partial charge on any atom is -0.393 e. The van der Waals surface area contributed by atoms with Crippen LogP contribution in [0.1, 0.15) is 28.8 Å². The minimum atomic E-state index is -1.04. The number of carbonyl (C=O) groups is 1. The summed E-state index contributed by atoms with van der Waals surface area (Å²) in [7, 11) is 0. The molecule has 28 heavy (non-hydrogen) atoms. The molecule has 4 rings (SSSR count). The van der Waals surface area contributed by atoms with Crippen molar-refractivity contribution in [2.75, 3.05) is 5.75 Å². The molecule has 3 atom stereocenters. The normalized spacial score (nSPS) is 26.5. The third kappa shape index (κ3) is 3.49. The highest BCUT2D eigenvalue weighted by Crippen LogP contribution is 2.52. The maximum atomic E-state index is 14.7. The van der Waals surface area contributed by atoms with Crippen LogP contribution in [0.5, 0.6) is 0 Å². The van der Waals surface area contributed by atoms with Gasteiger partial charge in [0.25, 0.3) is 5.91 Å². The van der Waals surface area contributed by atoms with Crippen molar-refractivity contribution in [2.45, 2.75) is 24.5 Å². The lowest BCUT2D eigenvalue weighted by molar-refractivity contribution is 0.0977. The summed E-state index contributed by atoms with van der Waals surface area (Å²) >= 11 is 4.48. The van der Waals surface area contributed by atoms with Crippen molar-refractivity contribution in [3.05, 3.63) is 69.7 Å². The molecule has 1 amide bonds. The zero-order valence-corrected chi connectivity index (χ0v) is 17.1. The lowest BCUT2D eigenvalue weighted by Gasteiger charge is -2.36. The number of hydrogen-bond donors (Lipinski definition) is 2. The fourth-order valence-corrected chi connectivity index (χ4v) is 5.44. The average Bonchev–Trinajstić information content (AvgIpc) is 3.01. The van der Waals surface area contributed by atoms with Crippen LogP contribution in [0.15, 0.2) is 51.9 Å². The Kier molecular flexibility index (Phi) is 5.28. The number of aliphatic hydroxyl groups excluding tert-OH is 1. The van der Waals surface area contributed by atoms with Crippen molar-refractivity contribution in [3.8, 4) is 0 Å². The molecule has 146 valence electrons. The fraction of sp³-hybridized carbons (Fsp3) is 0.300. The van der Waals surface area contributed by atoms with Crippen LogP contribution in [0.25, 0.3) is 0 Å². The number of halogens is 3. The molecular formula is C20H17BrF2N2O2S. The smallest absolute Gasteiger partial charge is 0.257 e. The third-order valence-electron chi connectivity index (χ3n) is 5.23. The van der Waals surface area contributed by atoms with Gasteiger partial charge in [-0.25, -0.2) is 8.78 Å². The number of rotatable bonds is 2. The number of amidine groups is 1. The highest BCUT2D eigenvalue weighted by molar-refractivity contribution is 9.10. The number of benzene rings is 2. The molecule has 4 nitrogen and oxygen atoms in total. The Morgan fingerprint density at radius 2 is 2.00 bits per heavy atom. The number of hydrogen-bond acceptors (Lipinski definition) is 4. The first-order valence-corrected chi connectivity index (χ1v) is 10.6. The Morgan fingerprint density at radius 1 is 1.25 bits per heavy atom. The number of fused-ring (bicyclic) bond motifs is 1. The summed E-state index contributed by atoms with van der Waals surface area (Å²) in [6.07, 6.45) is 0.0599. The monoisotopic (exact) mass is 466 g/mol. The highest BCUT2D eigenvalue weighted by Gasteiger charge is 2.52. The van der Waals surface area contributed by atoms with Gasteiger partial charge in [0.05, 0.1) is 16.1 Å². The van der Waals surface area contributed by atoms with Gasteiger partial charge in [-0.1, -0.05) is 30.0 Å². The zero-order valence-electron chi connectivity index (χ0n) is 14.7. The number of aliphatic hydroxyl groups is 1. The van der Waals surface area contributed by atoms with Crippen LogP contribution in [0.4, 0.5) is 8.78 Å². The first-order chi connectivity index (χ1) is 13.4. The van der Waals surface area contributed by atoms with Gasteiger partial charge in [0.15, 0.2) is 5.17 Å². The summed E-state index contributed by atoms with van der Waals surface area (Å²) in [5.74, 6) is -1.25. The molecule has 0 saturated heterocycles. The Hall–Kier alpha value is -1.77. The van der Waals surface area contributed by atoms with E-state index in [4.69, 9.17) is 4.99 Å². The van der Waals surface area contributed by atoms with Crippen LogP contribution in [-0.2, 0) is 5.54 Å². The second kappa shape index (κ2) is 7.57. The van der Waals surface area contributed by atoms with Gasteiger partial charge in [0.2, 0.25) is 0 Å². The van der Waals surface area contributed by atoms with Gasteiger partial charge in [0.1, 0.15) is 11.6 Å². The number of nitrogens with zero attached hydrogens (tertiary/aromatic N) is 1. The summed E-state index contributed by atoms with van der Waals surface area (Å²) in [5.41, 5.74) is -0.317. The van der Waals surface area contributed by atoms with Crippen LogP contribution < -0.4 is 5.32 Å².